The van der Waals surface area contributed by atoms with Gasteiger partial charge in [-0.25, -0.2) is 9.97 Å². The van der Waals surface area contributed by atoms with Crippen LogP contribution in [0.1, 0.15) is 11.3 Å². The van der Waals surface area contributed by atoms with Gasteiger partial charge in [-0.2, -0.15) is 0 Å². The summed E-state index contributed by atoms with van der Waals surface area (Å²) in [6.07, 6.45) is 4.52. The van der Waals surface area contributed by atoms with E-state index in [-0.39, 0.29) is 30.5 Å². The molecular weight excluding hydrogens is 368 g/mol. The maximum Gasteiger partial charge on any atom is 0.280 e. The second kappa shape index (κ2) is 6.85. The van der Waals surface area contributed by atoms with Crippen molar-refractivity contribution >= 4 is 29.0 Å². The molecule has 27 heavy (non-hydrogen) atoms. The van der Waals surface area contributed by atoms with E-state index < -0.39 is 5.91 Å². The van der Waals surface area contributed by atoms with Gasteiger partial charge in [0.1, 0.15) is 17.8 Å². The van der Waals surface area contributed by atoms with Gasteiger partial charge in [-0.3, -0.25) is 14.5 Å². The van der Waals surface area contributed by atoms with Crippen LogP contribution in [-0.2, 0) is 16.1 Å². The van der Waals surface area contributed by atoms with E-state index in [1.54, 1.807) is 41.4 Å². The average molecular weight is 383 g/mol. The number of carbonyl (C=O) groups excluding carboxylic acids is 2. The van der Waals surface area contributed by atoms with Gasteiger partial charge >= 0.3 is 0 Å². The van der Waals surface area contributed by atoms with Crippen molar-refractivity contribution in [1.82, 2.24) is 19.8 Å². The second-order valence-corrected chi connectivity index (χ2v) is 6.70. The highest BCUT2D eigenvalue weighted by Gasteiger charge is 2.39. The van der Waals surface area contributed by atoms with Crippen molar-refractivity contribution in [3.8, 4) is 0 Å². The summed E-state index contributed by atoms with van der Waals surface area (Å²) in [7, 11) is 0. The number of aliphatic hydroxyl groups is 1. The lowest BCUT2D eigenvalue weighted by atomic mass is 10.0. The molecular formula is C19H15ClN4O3. The first-order valence-corrected chi connectivity index (χ1v) is 8.65. The summed E-state index contributed by atoms with van der Waals surface area (Å²) in [6, 6.07) is 8.64. The lowest BCUT2D eigenvalue weighted by molar-refractivity contribution is -0.148. The molecule has 1 N–H and O–H groups in total. The molecule has 1 aromatic heterocycles. The van der Waals surface area contributed by atoms with E-state index in [1.165, 1.54) is 12.4 Å². The van der Waals surface area contributed by atoms with Crippen LogP contribution in [0.2, 0.25) is 5.02 Å². The summed E-state index contributed by atoms with van der Waals surface area (Å²) in [5, 5.41) is 11.0. The summed E-state index contributed by atoms with van der Waals surface area (Å²) in [6.45, 7) is 0.436. The maximum atomic E-state index is 12.9. The molecule has 0 bridgehead atoms. The van der Waals surface area contributed by atoms with E-state index in [0.717, 1.165) is 10.5 Å². The average Bonchev–Trinajstić information content (AvgIpc) is 2.66. The van der Waals surface area contributed by atoms with Crippen LogP contribution in [-0.4, -0.2) is 49.8 Å². The number of hydrogen-bond acceptors (Lipinski definition) is 6. The smallest absolute Gasteiger partial charge is 0.280 e. The Morgan fingerprint density at radius 3 is 2.59 bits per heavy atom. The van der Waals surface area contributed by atoms with Crippen molar-refractivity contribution in [2.24, 2.45) is 0 Å². The Bertz CT molecular complexity index is 970. The first-order chi connectivity index (χ1) is 13.0. The summed E-state index contributed by atoms with van der Waals surface area (Å²) < 4.78 is 0. The van der Waals surface area contributed by atoms with Crippen molar-refractivity contribution in [2.75, 3.05) is 13.1 Å². The number of rotatable bonds is 3. The van der Waals surface area contributed by atoms with Crippen molar-refractivity contribution in [2.45, 2.75) is 6.54 Å². The van der Waals surface area contributed by atoms with Crippen LogP contribution in [0.4, 0.5) is 0 Å². The van der Waals surface area contributed by atoms with Gasteiger partial charge in [0.05, 0.1) is 18.8 Å². The lowest BCUT2D eigenvalue weighted by Crippen LogP contribution is -2.53. The minimum absolute atomic E-state index is 0.00114. The predicted molar refractivity (Wildman–Crippen MR) is 98.2 cm³/mol. The van der Waals surface area contributed by atoms with Crippen LogP contribution in [0.5, 0.6) is 0 Å². The Hall–Kier alpha value is -3.19. The number of imide groups is 1. The van der Waals surface area contributed by atoms with Crippen LogP contribution in [0, 0.1) is 0 Å². The standard InChI is InChI=1S/C19H15ClN4O3/c20-14-3-1-12(2-4-14)8-24-17(26)10-23-9-13(15-5-6-21-11-22-15)7-16(25)18(23)19(24)27/h1-7,11,25H,8-10H2. The fourth-order valence-electron chi connectivity index (χ4n) is 3.16. The third-order valence-corrected chi connectivity index (χ3v) is 4.72. The molecule has 0 spiro atoms. The number of benzene rings is 1. The summed E-state index contributed by atoms with van der Waals surface area (Å²) in [5.41, 5.74) is 2.26. The number of aliphatic hydroxyl groups excluding tert-OH is 1. The molecule has 0 radical (unpaired) electrons. The Balaban J connectivity index is 1.64. The Morgan fingerprint density at radius 2 is 1.89 bits per heavy atom. The highest BCUT2D eigenvalue weighted by atomic mass is 35.5. The predicted octanol–water partition coefficient (Wildman–Crippen LogP) is 2.17. The zero-order valence-electron chi connectivity index (χ0n) is 14.2. The quantitative estimate of drug-likeness (QED) is 0.819. The zero-order chi connectivity index (χ0) is 19.0. The lowest BCUT2D eigenvalue weighted by Gasteiger charge is -2.38. The van der Waals surface area contributed by atoms with E-state index in [2.05, 4.69) is 9.97 Å². The van der Waals surface area contributed by atoms with Gasteiger partial charge in [-0.05, 0) is 29.8 Å². The summed E-state index contributed by atoms with van der Waals surface area (Å²) in [4.78, 5) is 36.2. The fraction of sp³-hybridized carbons (Fsp3) is 0.158. The molecule has 3 heterocycles. The van der Waals surface area contributed by atoms with Gasteiger partial charge < -0.3 is 10.0 Å². The number of fused-ring (bicyclic) bond motifs is 1. The van der Waals surface area contributed by atoms with Gasteiger partial charge in [0.2, 0.25) is 5.91 Å². The molecule has 0 atom stereocenters. The molecule has 4 rings (SSSR count). The van der Waals surface area contributed by atoms with E-state index >= 15 is 0 Å². The second-order valence-electron chi connectivity index (χ2n) is 6.27. The minimum Gasteiger partial charge on any atom is -0.506 e. The van der Waals surface area contributed by atoms with Crippen molar-refractivity contribution < 1.29 is 14.7 Å². The number of halogens is 1. The molecule has 1 fully saturated rings. The van der Waals surface area contributed by atoms with Gasteiger partial charge in [0.25, 0.3) is 5.91 Å². The molecule has 2 aromatic rings. The third kappa shape index (κ3) is 3.29. The molecule has 2 aliphatic rings. The van der Waals surface area contributed by atoms with Crippen LogP contribution in [0.15, 0.2) is 60.4 Å². The number of nitrogens with zero attached hydrogens (tertiary/aromatic N) is 4. The van der Waals surface area contributed by atoms with Gasteiger partial charge in [0, 0.05) is 23.3 Å². The fourth-order valence-corrected chi connectivity index (χ4v) is 3.29. The molecule has 1 aromatic carbocycles. The number of aromatic nitrogens is 2. The Kier molecular flexibility index (Phi) is 4.37. The molecule has 0 saturated carbocycles. The van der Waals surface area contributed by atoms with E-state index in [1.807, 2.05) is 0 Å². The van der Waals surface area contributed by atoms with E-state index in [9.17, 15) is 14.7 Å². The highest BCUT2D eigenvalue weighted by molar-refractivity contribution is 6.30. The number of amides is 2. The molecule has 136 valence electrons. The number of hydrogen-bond donors (Lipinski definition) is 1. The third-order valence-electron chi connectivity index (χ3n) is 4.47. The van der Waals surface area contributed by atoms with Crippen LogP contribution in [0.25, 0.3) is 5.57 Å². The minimum atomic E-state index is -0.517. The molecule has 0 aliphatic carbocycles. The van der Waals surface area contributed by atoms with Gasteiger partial charge in [-0.15, -0.1) is 0 Å². The monoisotopic (exact) mass is 382 g/mol. The highest BCUT2D eigenvalue weighted by Crippen LogP contribution is 2.29. The van der Waals surface area contributed by atoms with Gasteiger partial charge in [-0.1, -0.05) is 23.7 Å². The molecule has 7 nitrogen and oxygen atoms in total. The summed E-state index contributed by atoms with van der Waals surface area (Å²) >= 11 is 5.88. The van der Waals surface area contributed by atoms with Crippen LogP contribution in [0.3, 0.4) is 0 Å². The first-order valence-electron chi connectivity index (χ1n) is 8.27. The van der Waals surface area contributed by atoms with Gasteiger partial charge in [0.15, 0.2) is 0 Å². The Morgan fingerprint density at radius 1 is 1.11 bits per heavy atom. The molecule has 0 unspecified atom stereocenters. The number of carbonyl (C=O) groups is 2. The number of piperazine rings is 1. The maximum absolute atomic E-state index is 12.9. The SMILES string of the molecule is O=C1CN2CC(c3ccncn3)=CC(O)=C2C(=O)N1Cc1ccc(Cl)cc1. The molecule has 1 saturated heterocycles. The molecule has 8 heteroatoms. The number of allylic oxidation sites excluding steroid dienone is 1. The Labute approximate surface area is 160 Å². The normalized spacial score (nSPS) is 17.1. The largest absolute Gasteiger partial charge is 0.506 e. The van der Waals surface area contributed by atoms with E-state index in [0.29, 0.717) is 22.8 Å². The first kappa shape index (κ1) is 17.2. The summed E-state index contributed by atoms with van der Waals surface area (Å²) in [5.74, 6) is -1.01. The van der Waals surface area contributed by atoms with Crippen LogP contribution >= 0.6 is 11.6 Å². The van der Waals surface area contributed by atoms with Crippen molar-refractivity contribution in [3.05, 3.63) is 76.7 Å². The molecule has 2 aliphatic heterocycles. The zero-order valence-corrected chi connectivity index (χ0v) is 14.9. The van der Waals surface area contributed by atoms with Crippen molar-refractivity contribution in [1.29, 1.82) is 0 Å². The van der Waals surface area contributed by atoms with Crippen molar-refractivity contribution in [3.63, 3.8) is 0 Å². The van der Waals surface area contributed by atoms with E-state index in [4.69, 9.17) is 11.6 Å². The molecule has 2 amide bonds. The van der Waals surface area contributed by atoms with Crippen LogP contribution < -0.4 is 0 Å². The topological polar surface area (TPSA) is 86.6 Å².